The molecule has 2 rings (SSSR count). The Hall–Kier alpha value is -1.02. The van der Waals surface area contributed by atoms with Gasteiger partial charge < -0.3 is 4.74 Å². The Bertz CT molecular complexity index is 371. The molecule has 0 bridgehead atoms. The normalized spacial score (nSPS) is 15.1. The van der Waals surface area contributed by atoms with Gasteiger partial charge in [0.05, 0.1) is 17.2 Å². The Kier molecular flexibility index (Phi) is 2.00. The molecule has 3 heteroatoms. The lowest BCUT2D eigenvalue weighted by Gasteiger charge is -2.17. The molecule has 68 valence electrons. The molecule has 0 aliphatic carbocycles. The third kappa shape index (κ3) is 1.31. The van der Waals surface area contributed by atoms with Crippen LogP contribution in [0.1, 0.15) is 21.5 Å². The van der Waals surface area contributed by atoms with Crippen LogP contribution in [0, 0.1) is 6.92 Å². The molecular formula is C10H9ClO2. The monoisotopic (exact) mass is 196 g/mol. The molecule has 1 aromatic rings. The van der Waals surface area contributed by atoms with Crippen LogP contribution in [0.3, 0.4) is 0 Å². The molecular weight excluding hydrogens is 188 g/mol. The van der Waals surface area contributed by atoms with Gasteiger partial charge in [-0.1, -0.05) is 23.7 Å². The van der Waals surface area contributed by atoms with Crippen molar-refractivity contribution in [1.29, 1.82) is 0 Å². The van der Waals surface area contributed by atoms with Crippen molar-refractivity contribution in [3.05, 3.63) is 33.8 Å². The molecule has 1 aliphatic rings. The highest BCUT2D eigenvalue weighted by atomic mass is 35.5. The van der Waals surface area contributed by atoms with E-state index in [-0.39, 0.29) is 5.97 Å². The summed E-state index contributed by atoms with van der Waals surface area (Å²) in [6.07, 6.45) is 0.765. The van der Waals surface area contributed by atoms with Gasteiger partial charge in [-0.2, -0.15) is 0 Å². The summed E-state index contributed by atoms with van der Waals surface area (Å²) in [4.78, 5) is 11.4. The smallest absolute Gasteiger partial charge is 0.339 e. The highest BCUT2D eigenvalue weighted by Crippen LogP contribution is 2.27. The molecule has 0 atom stereocenters. The zero-order valence-corrected chi connectivity index (χ0v) is 8.02. The van der Waals surface area contributed by atoms with Crippen LogP contribution < -0.4 is 0 Å². The number of esters is 1. The lowest BCUT2D eigenvalue weighted by atomic mass is 10.0. The van der Waals surface area contributed by atoms with Crippen molar-refractivity contribution in [3.63, 3.8) is 0 Å². The molecule has 0 radical (unpaired) electrons. The molecule has 0 fully saturated rings. The van der Waals surface area contributed by atoms with Crippen molar-refractivity contribution in [2.75, 3.05) is 6.61 Å². The van der Waals surface area contributed by atoms with Crippen LogP contribution in [0.2, 0.25) is 5.02 Å². The Morgan fingerprint density at radius 3 is 3.00 bits per heavy atom. The van der Waals surface area contributed by atoms with Gasteiger partial charge in [-0.15, -0.1) is 0 Å². The van der Waals surface area contributed by atoms with Gasteiger partial charge in [0.1, 0.15) is 0 Å². The minimum Gasteiger partial charge on any atom is -0.462 e. The quantitative estimate of drug-likeness (QED) is 0.596. The zero-order valence-electron chi connectivity index (χ0n) is 7.26. The molecule has 0 N–H and O–H groups in total. The maximum absolute atomic E-state index is 11.4. The maximum atomic E-state index is 11.4. The van der Waals surface area contributed by atoms with Crippen molar-refractivity contribution >= 4 is 17.6 Å². The fourth-order valence-electron chi connectivity index (χ4n) is 1.48. The van der Waals surface area contributed by atoms with E-state index in [1.165, 1.54) is 0 Å². The molecule has 0 aromatic heterocycles. The van der Waals surface area contributed by atoms with Gasteiger partial charge in [-0.05, 0) is 18.1 Å². The summed E-state index contributed by atoms with van der Waals surface area (Å²) in [5.41, 5.74) is 2.46. The molecule has 0 saturated heterocycles. The number of cyclic esters (lactones) is 1. The van der Waals surface area contributed by atoms with Gasteiger partial charge >= 0.3 is 5.97 Å². The zero-order chi connectivity index (χ0) is 9.42. The third-order valence-electron chi connectivity index (χ3n) is 2.23. The summed E-state index contributed by atoms with van der Waals surface area (Å²) in [5.74, 6) is -0.296. The van der Waals surface area contributed by atoms with Gasteiger partial charge in [0.2, 0.25) is 0 Å². The number of hydrogen-bond donors (Lipinski definition) is 0. The number of rotatable bonds is 0. The van der Waals surface area contributed by atoms with Crippen LogP contribution in [0.15, 0.2) is 12.1 Å². The molecule has 0 spiro atoms. The standard InChI is InChI=1S/C10H9ClO2/c1-6-2-3-7-4-5-13-10(12)8(7)9(6)11/h2-3H,4-5H2,1H3. The molecule has 2 nitrogen and oxygen atoms in total. The van der Waals surface area contributed by atoms with E-state index in [1.54, 1.807) is 0 Å². The first-order valence-corrected chi connectivity index (χ1v) is 4.53. The minimum atomic E-state index is -0.296. The average molecular weight is 197 g/mol. The van der Waals surface area contributed by atoms with E-state index in [1.807, 2.05) is 19.1 Å². The summed E-state index contributed by atoms with van der Waals surface area (Å²) in [5, 5.41) is 0.530. The fourth-order valence-corrected chi connectivity index (χ4v) is 1.74. The van der Waals surface area contributed by atoms with Crippen LogP contribution in [0.25, 0.3) is 0 Å². The number of halogens is 1. The number of ether oxygens (including phenoxy) is 1. The van der Waals surface area contributed by atoms with E-state index in [0.717, 1.165) is 17.5 Å². The highest BCUT2D eigenvalue weighted by molar-refractivity contribution is 6.34. The molecule has 1 aromatic carbocycles. The van der Waals surface area contributed by atoms with Crippen molar-refractivity contribution in [3.8, 4) is 0 Å². The SMILES string of the molecule is Cc1ccc2c(c1Cl)C(=O)OCC2. The van der Waals surface area contributed by atoms with E-state index in [0.29, 0.717) is 17.2 Å². The molecule has 0 amide bonds. The van der Waals surface area contributed by atoms with Gasteiger partial charge in [0, 0.05) is 6.42 Å². The lowest BCUT2D eigenvalue weighted by Crippen LogP contribution is -2.18. The molecule has 1 aliphatic heterocycles. The second kappa shape index (κ2) is 3.04. The molecule has 0 unspecified atom stereocenters. The Balaban J connectivity index is 2.65. The Morgan fingerprint density at radius 2 is 2.23 bits per heavy atom. The average Bonchev–Trinajstić information content (AvgIpc) is 2.12. The third-order valence-corrected chi connectivity index (χ3v) is 2.72. The Labute approximate surface area is 81.5 Å². The van der Waals surface area contributed by atoms with Crippen LogP contribution >= 0.6 is 11.6 Å². The number of aryl methyl sites for hydroxylation is 1. The largest absolute Gasteiger partial charge is 0.462 e. The first-order chi connectivity index (χ1) is 6.20. The number of hydrogen-bond acceptors (Lipinski definition) is 2. The van der Waals surface area contributed by atoms with Crippen LogP contribution in [0.5, 0.6) is 0 Å². The van der Waals surface area contributed by atoms with E-state index >= 15 is 0 Å². The Morgan fingerprint density at radius 1 is 1.46 bits per heavy atom. The summed E-state index contributed by atoms with van der Waals surface area (Å²) in [6.45, 7) is 2.34. The number of fused-ring (bicyclic) bond motifs is 1. The second-order valence-electron chi connectivity index (χ2n) is 3.12. The van der Waals surface area contributed by atoms with Crippen molar-refractivity contribution in [2.45, 2.75) is 13.3 Å². The van der Waals surface area contributed by atoms with Gasteiger partial charge in [-0.3, -0.25) is 0 Å². The maximum Gasteiger partial charge on any atom is 0.339 e. The molecule has 1 heterocycles. The van der Waals surface area contributed by atoms with E-state index < -0.39 is 0 Å². The number of benzene rings is 1. The summed E-state index contributed by atoms with van der Waals surface area (Å²) >= 11 is 6.01. The van der Waals surface area contributed by atoms with E-state index in [9.17, 15) is 4.79 Å². The van der Waals surface area contributed by atoms with Crippen molar-refractivity contribution < 1.29 is 9.53 Å². The summed E-state index contributed by atoms with van der Waals surface area (Å²) in [6, 6.07) is 3.87. The second-order valence-corrected chi connectivity index (χ2v) is 3.49. The van der Waals surface area contributed by atoms with Crippen molar-refractivity contribution in [2.24, 2.45) is 0 Å². The topological polar surface area (TPSA) is 26.3 Å². The predicted octanol–water partition coefficient (Wildman–Crippen LogP) is 2.36. The van der Waals surface area contributed by atoms with Crippen LogP contribution in [-0.4, -0.2) is 12.6 Å². The fraction of sp³-hybridized carbons (Fsp3) is 0.300. The first kappa shape index (κ1) is 8.57. The van der Waals surface area contributed by atoms with Crippen LogP contribution in [0.4, 0.5) is 0 Å². The van der Waals surface area contributed by atoms with Gasteiger partial charge in [-0.25, -0.2) is 4.79 Å². The highest BCUT2D eigenvalue weighted by Gasteiger charge is 2.22. The predicted molar refractivity (Wildman–Crippen MR) is 50.2 cm³/mol. The molecule has 0 saturated carbocycles. The number of carbonyl (C=O) groups excluding carboxylic acids is 1. The summed E-state index contributed by atoms with van der Waals surface area (Å²) < 4.78 is 4.92. The van der Waals surface area contributed by atoms with Gasteiger partial charge in [0.25, 0.3) is 0 Å². The minimum absolute atomic E-state index is 0.296. The number of carbonyl (C=O) groups is 1. The summed E-state index contributed by atoms with van der Waals surface area (Å²) in [7, 11) is 0. The van der Waals surface area contributed by atoms with E-state index in [2.05, 4.69) is 0 Å². The van der Waals surface area contributed by atoms with E-state index in [4.69, 9.17) is 16.3 Å². The van der Waals surface area contributed by atoms with Crippen LogP contribution in [-0.2, 0) is 11.2 Å². The molecule has 13 heavy (non-hydrogen) atoms. The van der Waals surface area contributed by atoms with Crippen molar-refractivity contribution in [1.82, 2.24) is 0 Å². The van der Waals surface area contributed by atoms with Gasteiger partial charge in [0.15, 0.2) is 0 Å². The lowest BCUT2D eigenvalue weighted by molar-refractivity contribution is 0.0480. The first-order valence-electron chi connectivity index (χ1n) is 4.15.